The summed E-state index contributed by atoms with van der Waals surface area (Å²) < 4.78 is 10.5. The van der Waals surface area contributed by atoms with Crippen LogP contribution in [0.3, 0.4) is 0 Å². The maximum absolute atomic E-state index is 11.6. The highest BCUT2D eigenvalue weighted by atomic mass is 16.5. The van der Waals surface area contributed by atoms with Crippen LogP contribution in [-0.4, -0.2) is 19.2 Å². The van der Waals surface area contributed by atoms with Crippen molar-refractivity contribution in [3.63, 3.8) is 0 Å². The lowest BCUT2D eigenvalue weighted by Crippen LogP contribution is -2.57. The maximum atomic E-state index is 11.6. The van der Waals surface area contributed by atoms with Crippen LogP contribution in [0.25, 0.3) is 0 Å². The molecule has 0 aliphatic carbocycles. The quantitative estimate of drug-likeness (QED) is 0.760. The van der Waals surface area contributed by atoms with Crippen molar-refractivity contribution < 1.29 is 20.0 Å². The molecule has 0 aromatic heterocycles. The van der Waals surface area contributed by atoms with Crippen molar-refractivity contribution in [2.45, 2.75) is 26.3 Å². The normalized spacial score (nSPS) is 11.9. The molecule has 0 fully saturated rings. The Kier molecular flexibility index (Phi) is 5.49. The number of ether oxygens (including phenoxy) is 2. The van der Waals surface area contributed by atoms with Gasteiger partial charge in [-0.3, -0.25) is 0 Å². The van der Waals surface area contributed by atoms with Crippen LogP contribution in [0.15, 0.2) is 24.3 Å². The lowest BCUT2D eigenvalue weighted by Gasteiger charge is -2.13. The Bertz CT molecular complexity index is 365. The van der Waals surface area contributed by atoms with Gasteiger partial charge < -0.3 is 15.2 Å². The van der Waals surface area contributed by atoms with Gasteiger partial charge in [0.15, 0.2) is 0 Å². The molecular formula is C13H20NO3+. The predicted octanol–water partition coefficient (Wildman–Crippen LogP) is 1.32. The van der Waals surface area contributed by atoms with E-state index < -0.39 is 6.04 Å². The fourth-order valence-corrected chi connectivity index (χ4v) is 1.48. The van der Waals surface area contributed by atoms with Gasteiger partial charge in [0.2, 0.25) is 6.04 Å². The van der Waals surface area contributed by atoms with Gasteiger partial charge in [-0.2, -0.15) is 0 Å². The van der Waals surface area contributed by atoms with Crippen LogP contribution in [-0.2, 0) is 9.53 Å². The number of hydrogen-bond acceptors (Lipinski definition) is 3. The average Bonchev–Trinajstić information content (AvgIpc) is 2.36. The maximum Gasteiger partial charge on any atom is 0.369 e. The van der Waals surface area contributed by atoms with Gasteiger partial charge in [0.1, 0.15) is 5.75 Å². The molecule has 0 unspecified atom stereocenters. The molecule has 1 aromatic carbocycles. The number of benzene rings is 1. The molecule has 0 amide bonds. The lowest BCUT2D eigenvalue weighted by atomic mass is 10.1. The van der Waals surface area contributed by atoms with Gasteiger partial charge in [-0.15, -0.1) is 0 Å². The first-order valence-electron chi connectivity index (χ1n) is 5.92. The highest BCUT2D eigenvalue weighted by molar-refractivity contribution is 5.76. The van der Waals surface area contributed by atoms with Crippen molar-refractivity contribution in [3.05, 3.63) is 29.8 Å². The second kappa shape index (κ2) is 6.91. The third-order valence-corrected chi connectivity index (χ3v) is 2.33. The van der Waals surface area contributed by atoms with E-state index in [9.17, 15) is 4.79 Å². The summed E-state index contributed by atoms with van der Waals surface area (Å²) >= 11 is 0. The Labute approximate surface area is 102 Å². The Morgan fingerprint density at radius 1 is 1.35 bits per heavy atom. The molecule has 1 rings (SSSR count). The monoisotopic (exact) mass is 238 g/mol. The number of carbonyl (C=O) groups is 1. The van der Waals surface area contributed by atoms with E-state index in [1.165, 1.54) is 0 Å². The van der Waals surface area contributed by atoms with E-state index in [0.717, 1.165) is 12.0 Å². The third-order valence-electron chi connectivity index (χ3n) is 2.33. The first kappa shape index (κ1) is 13.5. The Morgan fingerprint density at radius 3 is 2.71 bits per heavy atom. The third kappa shape index (κ3) is 3.75. The highest BCUT2D eigenvalue weighted by Gasteiger charge is 2.24. The molecule has 17 heavy (non-hydrogen) atoms. The van der Waals surface area contributed by atoms with Crippen LogP contribution in [0.2, 0.25) is 0 Å². The minimum absolute atomic E-state index is 0.319. The molecule has 4 heteroatoms. The van der Waals surface area contributed by atoms with Crippen LogP contribution in [0, 0.1) is 0 Å². The van der Waals surface area contributed by atoms with Gasteiger partial charge in [0.25, 0.3) is 0 Å². The standard InChI is InChI=1S/C13H19NO3/c1-3-9-17-11-8-6-5-7-10(11)12(14)13(15)16-4-2/h5-8,12H,3-4,9,14H2,1-2H3/p+1/t12-/m1/s1. The molecule has 0 spiro atoms. The van der Waals surface area contributed by atoms with Gasteiger partial charge in [-0.25, -0.2) is 4.79 Å². The largest absolute Gasteiger partial charge is 0.493 e. The predicted molar refractivity (Wildman–Crippen MR) is 64.5 cm³/mol. The molecule has 1 atom stereocenters. The molecule has 94 valence electrons. The van der Waals surface area contributed by atoms with Crippen molar-refractivity contribution in [1.29, 1.82) is 0 Å². The van der Waals surface area contributed by atoms with Crippen LogP contribution in [0.5, 0.6) is 5.75 Å². The Balaban J connectivity index is 2.84. The molecule has 0 heterocycles. The van der Waals surface area contributed by atoms with Gasteiger partial charge >= 0.3 is 5.97 Å². The van der Waals surface area contributed by atoms with Crippen LogP contribution < -0.4 is 10.5 Å². The van der Waals surface area contributed by atoms with Crippen LogP contribution in [0.1, 0.15) is 31.9 Å². The van der Waals surface area contributed by atoms with Gasteiger partial charge in [-0.05, 0) is 25.5 Å². The summed E-state index contributed by atoms with van der Waals surface area (Å²) in [6, 6.07) is 6.91. The number of hydrogen-bond donors (Lipinski definition) is 1. The number of para-hydroxylation sites is 1. The van der Waals surface area contributed by atoms with E-state index >= 15 is 0 Å². The van der Waals surface area contributed by atoms with E-state index in [1.54, 1.807) is 6.92 Å². The summed E-state index contributed by atoms with van der Waals surface area (Å²) in [4.78, 5) is 11.6. The Morgan fingerprint density at radius 2 is 2.06 bits per heavy atom. The van der Waals surface area contributed by atoms with E-state index in [0.29, 0.717) is 19.0 Å². The van der Waals surface area contributed by atoms with Crippen LogP contribution in [0.4, 0.5) is 0 Å². The molecule has 0 bridgehead atoms. The summed E-state index contributed by atoms with van der Waals surface area (Å²) in [6.07, 6.45) is 0.926. The van der Waals surface area contributed by atoms with E-state index in [2.05, 4.69) is 5.73 Å². The van der Waals surface area contributed by atoms with Crippen LogP contribution >= 0.6 is 0 Å². The number of carbonyl (C=O) groups excluding carboxylic acids is 1. The zero-order valence-corrected chi connectivity index (χ0v) is 10.4. The lowest BCUT2D eigenvalue weighted by molar-refractivity contribution is -0.414. The molecular weight excluding hydrogens is 218 g/mol. The fourth-order valence-electron chi connectivity index (χ4n) is 1.48. The first-order chi connectivity index (χ1) is 8.20. The van der Waals surface area contributed by atoms with Crippen molar-refractivity contribution in [2.75, 3.05) is 13.2 Å². The number of quaternary nitrogens is 1. The van der Waals surface area contributed by atoms with Crippen molar-refractivity contribution in [2.24, 2.45) is 0 Å². The smallest absolute Gasteiger partial charge is 0.369 e. The molecule has 0 saturated carbocycles. The van der Waals surface area contributed by atoms with Crippen molar-refractivity contribution in [3.8, 4) is 5.75 Å². The average molecular weight is 238 g/mol. The van der Waals surface area contributed by atoms with Gasteiger partial charge in [-0.1, -0.05) is 19.1 Å². The highest BCUT2D eigenvalue weighted by Crippen LogP contribution is 2.23. The molecule has 0 radical (unpaired) electrons. The number of rotatable bonds is 6. The summed E-state index contributed by atoms with van der Waals surface area (Å²) in [5.74, 6) is 0.391. The molecule has 3 N–H and O–H groups in total. The minimum Gasteiger partial charge on any atom is -0.493 e. The second-order valence-corrected chi connectivity index (χ2v) is 3.69. The SMILES string of the molecule is CCCOc1ccccc1[C@@H]([NH3+])C(=O)OCC. The van der Waals surface area contributed by atoms with E-state index in [1.807, 2.05) is 31.2 Å². The van der Waals surface area contributed by atoms with Gasteiger partial charge in [0.05, 0.1) is 18.8 Å². The molecule has 0 saturated heterocycles. The molecule has 0 aliphatic heterocycles. The van der Waals surface area contributed by atoms with E-state index in [4.69, 9.17) is 9.47 Å². The Hall–Kier alpha value is -1.55. The van der Waals surface area contributed by atoms with Crippen molar-refractivity contribution >= 4 is 5.97 Å². The summed E-state index contributed by atoms with van der Waals surface area (Å²) in [6.45, 7) is 4.81. The topological polar surface area (TPSA) is 63.2 Å². The zero-order chi connectivity index (χ0) is 12.7. The summed E-state index contributed by atoms with van der Waals surface area (Å²) in [5, 5.41) is 0. The summed E-state index contributed by atoms with van der Waals surface area (Å²) in [5.41, 5.74) is 4.62. The zero-order valence-electron chi connectivity index (χ0n) is 10.4. The van der Waals surface area contributed by atoms with Gasteiger partial charge in [0, 0.05) is 0 Å². The second-order valence-electron chi connectivity index (χ2n) is 3.69. The number of esters is 1. The molecule has 1 aromatic rings. The minimum atomic E-state index is -0.539. The van der Waals surface area contributed by atoms with E-state index in [-0.39, 0.29) is 5.97 Å². The fraction of sp³-hybridized carbons (Fsp3) is 0.462. The molecule has 4 nitrogen and oxygen atoms in total. The summed E-state index contributed by atoms with van der Waals surface area (Å²) in [7, 11) is 0. The first-order valence-corrected chi connectivity index (χ1v) is 5.92. The van der Waals surface area contributed by atoms with Crippen molar-refractivity contribution in [1.82, 2.24) is 0 Å². The molecule has 0 aliphatic rings.